The van der Waals surface area contributed by atoms with Gasteiger partial charge in [0, 0.05) is 20.1 Å². The van der Waals surface area contributed by atoms with Gasteiger partial charge in [0.15, 0.2) is 24.1 Å². The minimum atomic E-state index is -4.41. The number of rotatable bonds is 9. The molecule has 0 aromatic heterocycles. The zero-order chi connectivity index (χ0) is 22.9. The van der Waals surface area contributed by atoms with Crippen LogP contribution in [0.1, 0.15) is 16.7 Å². The van der Waals surface area contributed by atoms with E-state index in [4.69, 9.17) is 14.2 Å². The van der Waals surface area contributed by atoms with Gasteiger partial charge in [0.05, 0.1) is 14.2 Å². The first-order valence-corrected chi connectivity index (χ1v) is 9.70. The molecule has 31 heavy (non-hydrogen) atoms. The summed E-state index contributed by atoms with van der Waals surface area (Å²) in [7, 11) is 4.69. The maximum absolute atomic E-state index is 12.4. The number of nitrogens with one attached hydrogen (secondary N) is 2. The van der Waals surface area contributed by atoms with Crippen LogP contribution in [0.2, 0.25) is 0 Å². The Bertz CT molecular complexity index is 886. The topological polar surface area (TPSA) is 64.1 Å². The van der Waals surface area contributed by atoms with E-state index >= 15 is 0 Å². The molecule has 0 amide bonds. The van der Waals surface area contributed by atoms with E-state index in [9.17, 15) is 13.2 Å². The van der Waals surface area contributed by atoms with Crippen molar-refractivity contribution in [3.8, 4) is 17.2 Å². The van der Waals surface area contributed by atoms with Crippen molar-refractivity contribution in [3.05, 3.63) is 53.1 Å². The number of aryl methyl sites for hydroxylation is 1. The molecule has 0 heterocycles. The quantitative estimate of drug-likeness (QED) is 0.459. The molecule has 2 aromatic rings. The van der Waals surface area contributed by atoms with Crippen molar-refractivity contribution < 1.29 is 27.4 Å². The molecule has 0 aliphatic rings. The minimum Gasteiger partial charge on any atom is -0.496 e. The zero-order valence-corrected chi connectivity index (χ0v) is 18.1. The molecule has 2 aromatic carbocycles. The normalized spacial score (nSPS) is 11.8. The molecule has 2 N–H and O–H groups in total. The Labute approximate surface area is 180 Å². The Morgan fingerprint density at radius 1 is 0.968 bits per heavy atom. The van der Waals surface area contributed by atoms with Gasteiger partial charge in [-0.05, 0) is 42.7 Å². The smallest absolute Gasteiger partial charge is 0.422 e. The maximum atomic E-state index is 12.4. The zero-order valence-electron chi connectivity index (χ0n) is 18.1. The number of alkyl halides is 3. The number of aliphatic imine (C=N–C) groups is 1. The molecule has 6 nitrogen and oxygen atoms in total. The van der Waals surface area contributed by atoms with Crippen LogP contribution in [0.3, 0.4) is 0 Å². The highest BCUT2D eigenvalue weighted by atomic mass is 19.4. The highest BCUT2D eigenvalue weighted by molar-refractivity contribution is 5.79. The van der Waals surface area contributed by atoms with Crippen LogP contribution < -0.4 is 24.8 Å². The van der Waals surface area contributed by atoms with E-state index in [0.29, 0.717) is 19.0 Å². The lowest BCUT2D eigenvalue weighted by atomic mass is 10.1. The second kappa shape index (κ2) is 11.3. The van der Waals surface area contributed by atoms with Crippen molar-refractivity contribution >= 4 is 5.96 Å². The molecule has 0 spiro atoms. The fourth-order valence-corrected chi connectivity index (χ4v) is 2.93. The summed E-state index contributed by atoms with van der Waals surface area (Å²) >= 11 is 0. The van der Waals surface area contributed by atoms with Crippen molar-refractivity contribution in [1.29, 1.82) is 0 Å². The van der Waals surface area contributed by atoms with Crippen LogP contribution in [-0.4, -0.2) is 46.6 Å². The maximum Gasteiger partial charge on any atom is 0.422 e. The molecule has 0 saturated heterocycles. The molecular formula is C22H28F3N3O3. The first-order valence-electron chi connectivity index (χ1n) is 9.70. The first kappa shape index (κ1) is 24.2. The molecule has 9 heteroatoms. The number of nitrogens with zero attached hydrogens (tertiary/aromatic N) is 1. The van der Waals surface area contributed by atoms with E-state index in [0.717, 1.165) is 28.9 Å². The summed E-state index contributed by atoms with van der Waals surface area (Å²) in [5, 5.41) is 6.41. The summed E-state index contributed by atoms with van der Waals surface area (Å²) in [5.74, 6) is 1.72. The lowest BCUT2D eigenvalue weighted by molar-refractivity contribution is -0.153. The lowest BCUT2D eigenvalue weighted by Gasteiger charge is -2.15. The van der Waals surface area contributed by atoms with Crippen LogP contribution in [-0.2, 0) is 13.0 Å². The number of methoxy groups -OCH3 is 2. The van der Waals surface area contributed by atoms with Gasteiger partial charge in [-0.1, -0.05) is 23.8 Å². The summed E-state index contributed by atoms with van der Waals surface area (Å²) < 4.78 is 52.5. The summed E-state index contributed by atoms with van der Waals surface area (Å²) in [4.78, 5) is 4.19. The largest absolute Gasteiger partial charge is 0.496 e. The average molecular weight is 439 g/mol. The van der Waals surface area contributed by atoms with Gasteiger partial charge < -0.3 is 24.8 Å². The minimum absolute atomic E-state index is 0.0400. The van der Waals surface area contributed by atoms with Crippen molar-refractivity contribution in [2.24, 2.45) is 4.99 Å². The highest BCUT2D eigenvalue weighted by Gasteiger charge is 2.29. The standard InChI is InChI=1S/C22H28F3N3O3/c1-15-5-7-18(29-3)17(11-15)9-10-27-21(26-2)28-13-16-6-8-19(20(12-16)30-4)31-14-22(23,24)25/h5-8,11-12H,9-10,13-14H2,1-4H3,(H2,26,27,28). The molecule has 0 atom stereocenters. The third-order valence-corrected chi connectivity index (χ3v) is 4.43. The fraction of sp³-hybridized carbons (Fsp3) is 0.409. The van der Waals surface area contributed by atoms with Gasteiger partial charge in [-0.15, -0.1) is 0 Å². The molecule has 0 aliphatic carbocycles. The van der Waals surface area contributed by atoms with Gasteiger partial charge in [0.25, 0.3) is 0 Å². The second-order valence-corrected chi connectivity index (χ2v) is 6.81. The van der Waals surface area contributed by atoms with Crippen molar-refractivity contribution in [3.63, 3.8) is 0 Å². The number of hydrogen-bond acceptors (Lipinski definition) is 4. The molecule has 0 unspecified atom stereocenters. The Morgan fingerprint density at radius 2 is 1.68 bits per heavy atom. The van der Waals surface area contributed by atoms with E-state index in [1.807, 2.05) is 19.1 Å². The Hall–Kier alpha value is -3.10. The average Bonchev–Trinajstić information content (AvgIpc) is 2.74. The number of hydrogen-bond donors (Lipinski definition) is 2. The van der Waals surface area contributed by atoms with E-state index < -0.39 is 12.8 Å². The Kier molecular flexibility index (Phi) is 8.84. The predicted octanol–water partition coefficient (Wildman–Crippen LogP) is 3.86. The van der Waals surface area contributed by atoms with Gasteiger partial charge in [0.1, 0.15) is 5.75 Å². The summed E-state index contributed by atoms with van der Waals surface area (Å²) in [6.07, 6.45) is -3.66. The number of halogens is 3. The number of benzene rings is 2. The monoisotopic (exact) mass is 439 g/mol. The van der Waals surface area contributed by atoms with E-state index in [-0.39, 0.29) is 11.5 Å². The lowest BCUT2D eigenvalue weighted by Crippen LogP contribution is -2.37. The van der Waals surface area contributed by atoms with Gasteiger partial charge in [-0.25, -0.2) is 0 Å². The van der Waals surface area contributed by atoms with Crippen LogP contribution in [0.5, 0.6) is 17.2 Å². The van der Waals surface area contributed by atoms with Crippen LogP contribution >= 0.6 is 0 Å². The van der Waals surface area contributed by atoms with Crippen LogP contribution in [0.4, 0.5) is 13.2 Å². The van der Waals surface area contributed by atoms with Gasteiger partial charge in [-0.3, -0.25) is 4.99 Å². The Morgan fingerprint density at radius 3 is 2.32 bits per heavy atom. The number of guanidine groups is 1. The van der Waals surface area contributed by atoms with Crippen molar-refractivity contribution in [1.82, 2.24) is 10.6 Å². The molecule has 2 rings (SSSR count). The molecule has 0 fully saturated rings. The molecule has 0 radical (unpaired) electrons. The third-order valence-electron chi connectivity index (χ3n) is 4.43. The van der Waals surface area contributed by atoms with Crippen molar-refractivity contribution in [2.75, 3.05) is 34.4 Å². The molecular weight excluding hydrogens is 411 g/mol. The van der Waals surface area contributed by atoms with E-state index in [2.05, 4.69) is 21.7 Å². The summed E-state index contributed by atoms with van der Waals surface area (Å²) in [5.41, 5.74) is 3.07. The van der Waals surface area contributed by atoms with Gasteiger partial charge in [-0.2, -0.15) is 13.2 Å². The van der Waals surface area contributed by atoms with Crippen molar-refractivity contribution in [2.45, 2.75) is 26.1 Å². The fourth-order valence-electron chi connectivity index (χ4n) is 2.93. The summed E-state index contributed by atoms with van der Waals surface area (Å²) in [6.45, 7) is 1.71. The SMILES string of the molecule is CN=C(NCCc1cc(C)ccc1OC)NCc1ccc(OCC(F)(F)F)c(OC)c1. The second-order valence-electron chi connectivity index (χ2n) is 6.81. The van der Waals surface area contributed by atoms with E-state index in [1.165, 1.54) is 13.2 Å². The summed E-state index contributed by atoms with van der Waals surface area (Å²) in [6, 6.07) is 10.8. The molecule has 170 valence electrons. The molecule has 0 bridgehead atoms. The van der Waals surface area contributed by atoms with Crippen LogP contribution in [0.25, 0.3) is 0 Å². The van der Waals surface area contributed by atoms with E-state index in [1.54, 1.807) is 26.3 Å². The Balaban J connectivity index is 1.90. The van der Waals surface area contributed by atoms with Crippen LogP contribution in [0.15, 0.2) is 41.4 Å². The van der Waals surface area contributed by atoms with Gasteiger partial charge in [0.2, 0.25) is 0 Å². The third kappa shape index (κ3) is 7.92. The molecule has 0 aliphatic heterocycles. The highest BCUT2D eigenvalue weighted by Crippen LogP contribution is 2.29. The predicted molar refractivity (Wildman–Crippen MR) is 114 cm³/mol. The van der Waals surface area contributed by atoms with Crippen LogP contribution in [0, 0.1) is 6.92 Å². The number of ether oxygens (including phenoxy) is 3. The first-order chi connectivity index (χ1) is 14.8. The molecule has 0 saturated carbocycles. The van der Waals surface area contributed by atoms with Gasteiger partial charge >= 0.3 is 6.18 Å².